The number of benzene rings is 2. The van der Waals surface area contributed by atoms with Crippen LogP contribution >= 0.6 is 0 Å². The number of esters is 1. The van der Waals surface area contributed by atoms with E-state index in [1.54, 1.807) is 36.5 Å². The van der Waals surface area contributed by atoms with E-state index in [2.05, 4.69) is 26.4 Å². The molecule has 0 bridgehead atoms. The maximum Gasteiger partial charge on any atom is 0.337 e. The van der Waals surface area contributed by atoms with Crippen molar-refractivity contribution in [3.8, 4) is 0 Å². The summed E-state index contributed by atoms with van der Waals surface area (Å²) in [5.41, 5.74) is 4.55. The van der Waals surface area contributed by atoms with Crippen molar-refractivity contribution < 1.29 is 14.3 Å². The normalized spacial score (nSPS) is 10.2. The van der Waals surface area contributed by atoms with E-state index >= 15 is 0 Å². The minimum Gasteiger partial charge on any atom is -0.465 e. The van der Waals surface area contributed by atoms with E-state index < -0.39 is 5.97 Å². The van der Waals surface area contributed by atoms with Gasteiger partial charge < -0.3 is 15.4 Å². The van der Waals surface area contributed by atoms with Crippen LogP contribution in [0, 0.1) is 6.92 Å². The predicted molar refractivity (Wildman–Crippen MR) is 108 cm³/mol. The first-order valence-electron chi connectivity index (χ1n) is 8.79. The lowest BCUT2D eigenvalue weighted by molar-refractivity contribution is 0.0600. The zero-order valence-electron chi connectivity index (χ0n) is 15.7. The molecule has 0 radical (unpaired) electrons. The molecule has 3 aromatic rings. The Hall–Kier alpha value is -3.67. The molecule has 1 heterocycles. The number of hydrogen-bond donors (Lipinski definition) is 2. The fraction of sp³-hybridized carbons (Fsp3) is 0.136. The van der Waals surface area contributed by atoms with E-state index in [1.807, 2.05) is 25.1 Å². The number of aryl methyl sites for hydroxylation is 1. The first-order valence-corrected chi connectivity index (χ1v) is 8.79. The molecule has 2 aromatic carbocycles. The van der Waals surface area contributed by atoms with Crippen LogP contribution in [0.3, 0.4) is 0 Å². The van der Waals surface area contributed by atoms with Crippen molar-refractivity contribution in [1.82, 2.24) is 4.98 Å². The number of rotatable bonds is 6. The largest absolute Gasteiger partial charge is 0.465 e. The number of anilines is 2. The van der Waals surface area contributed by atoms with Crippen molar-refractivity contribution in [2.24, 2.45) is 0 Å². The number of nitrogens with one attached hydrogen (secondary N) is 2. The fourth-order valence-electron chi connectivity index (χ4n) is 2.70. The molecule has 0 aliphatic rings. The molecule has 0 saturated carbocycles. The Morgan fingerprint density at radius 3 is 2.46 bits per heavy atom. The van der Waals surface area contributed by atoms with Crippen LogP contribution in [0.2, 0.25) is 0 Å². The number of carbonyl (C=O) groups excluding carboxylic acids is 2. The van der Waals surface area contributed by atoms with Gasteiger partial charge in [-0.2, -0.15) is 0 Å². The number of carbonyl (C=O) groups is 2. The smallest absolute Gasteiger partial charge is 0.337 e. The molecule has 3 rings (SSSR count). The molecule has 1 amide bonds. The van der Waals surface area contributed by atoms with Crippen LogP contribution in [0.1, 0.15) is 31.8 Å². The third kappa shape index (κ3) is 4.94. The van der Waals surface area contributed by atoms with E-state index in [4.69, 9.17) is 0 Å². The first-order chi connectivity index (χ1) is 13.5. The summed E-state index contributed by atoms with van der Waals surface area (Å²) >= 11 is 0. The Balaban J connectivity index is 1.64. The van der Waals surface area contributed by atoms with Gasteiger partial charge in [0.05, 0.1) is 23.9 Å². The van der Waals surface area contributed by atoms with Gasteiger partial charge in [-0.3, -0.25) is 9.78 Å². The van der Waals surface area contributed by atoms with Crippen molar-refractivity contribution in [1.29, 1.82) is 0 Å². The van der Waals surface area contributed by atoms with E-state index in [0.717, 1.165) is 11.3 Å². The molecule has 0 unspecified atom stereocenters. The van der Waals surface area contributed by atoms with Crippen molar-refractivity contribution >= 4 is 23.3 Å². The minimum atomic E-state index is -0.422. The zero-order chi connectivity index (χ0) is 19.9. The lowest BCUT2D eigenvalue weighted by Gasteiger charge is -2.09. The topological polar surface area (TPSA) is 80.3 Å². The maximum absolute atomic E-state index is 12.5. The summed E-state index contributed by atoms with van der Waals surface area (Å²) in [6, 6.07) is 16.5. The molecule has 2 N–H and O–H groups in total. The van der Waals surface area contributed by atoms with Gasteiger partial charge in [-0.15, -0.1) is 0 Å². The zero-order valence-corrected chi connectivity index (χ0v) is 15.7. The van der Waals surface area contributed by atoms with E-state index in [1.165, 1.54) is 18.9 Å². The molecule has 0 saturated heterocycles. The van der Waals surface area contributed by atoms with E-state index in [9.17, 15) is 9.59 Å². The molecule has 0 atom stereocenters. The Labute approximate surface area is 163 Å². The van der Waals surface area contributed by atoms with Gasteiger partial charge in [0, 0.05) is 24.6 Å². The van der Waals surface area contributed by atoms with Gasteiger partial charge in [-0.25, -0.2) is 4.79 Å². The van der Waals surface area contributed by atoms with Crippen molar-refractivity contribution in [3.63, 3.8) is 0 Å². The Morgan fingerprint density at radius 1 is 0.964 bits per heavy atom. The molecular weight excluding hydrogens is 354 g/mol. The molecule has 28 heavy (non-hydrogen) atoms. The number of amides is 1. The quantitative estimate of drug-likeness (QED) is 0.636. The summed E-state index contributed by atoms with van der Waals surface area (Å²) in [5.74, 6) is -0.702. The second-order valence-electron chi connectivity index (χ2n) is 6.33. The van der Waals surface area contributed by atoms with Crippen LogP contribution in [0.5, 0.6) is 0 Å². The van der Waals surface area contributed by atoms with Gasteiger partial charge in [0.15, 0.2) is 0 Å². The van der Waals surface area contributed by atoms with Gasteiger partial charge in [-0.1, -0.05) is 29.8 Å². The highest BCUT2D eigenvalue weighted by atomic mass is 16.5. The molecule has 0 fully saturated rings. The molecule has 6 nitrogen and oxygen atoms in total. The monoisotopic (exact) mass is 375 g/mol. The van der Waals surface area contributed by atoms with Crippen LogP contribution in [-0.2, 0) is 11.3 Å². The molecular formula is C22H21N3O3. The number of hydrogen-bond acceptors (Lipinski definition) is 5. The fourth-order valence-corrected chi connectivity index (χ4v) is 2.70. The summed E-state index contributed by atoms with van der Waals surface area (Å²) in [5, 5.41) is 6.07. The van der Waals surface area contributed by atoms with Crippen LogP contribution in [-0.4, -0.2) is 24.0 Å². The molecule has 6 heteroatoms. The van der Waals surface area contributed by atoms with Gasteiger partial charge in [0.1, 0.15) is 0 Å². The van der Waals surface area contributed by atoms with Gasteiger partial charge in [0.2, 0.25) is 0 Å². The Morgan fingerprint density at radius 2 is 1.75 bits per heavy atom. The van der Waals surface area contributed by atoms with E-state index in [0.29, 0.717) is 23.4 Å². The third-order valence-electron chi connectivity index (χ3n) is 4.14. The molecule has 0 aliphatic carbocycles. The van der Waals surface area contributed by atoms with Crippen molar-refractivity contribution in [2.45, 2.75) is 13.5 Å². The van der Waals surface area contributed by atoms with Crippen LogP contribution in [0.25, 0.3) is 0 Å². The minimum absolute atomic E-state index is 0.280. The predicted octanol–water partition coefficient (Wildman–Crippen LogP) is 4.04. The highest BCUT2D eigenvalue weighted by Gasteiger charge is 2.09. The lowest BCUT2D eigenvalue weighted by Crippen LogP contribution is -2.13. The Kier molecular flexibility index (Phi) is 6.01. The summed E-state index contributed by atoms with van der Waals surface area (Å²) < 4.78 is 4.66. The van der Waals surface area contributed by atoms with E-state index in [-0.39, 0.29) is 5.91 Å². The number of pyridine rings is 1. The Bertz CT molecular complexity index is 984. The number of ether oxygens (including phenoxy) is 1. The first kappa shape index (κ1) is 19.1. The summed E-state index contributed by atoms with van der Waals surface area (Å²) in [6.07, 6.45) is 3.19. The van der Waals surface area contributed by atoms with Gasteiger partial charge in [-0.05, 0) is 42.8 Å². The standard InChI is InChI=1S/C22H21N3O3/c1-15-4-3-5-16(10-15)12-24-20-11-18(13-23-14-20)21(26)25-19-8-6-17(7-9-19)22(27)28-2/h3-11,13-14,24H,12H2,1-2H3,(H,25,26). The number of methoxy groups -OCH3 is 1. The summed E-state index contributed by atoms with van der Waals surface area (Å²) in [6.45, 7) is 2.69. The lowest BCUT2D eigenvalue weighted by atomic mass is 10.1. The number of nitrogens with zero attached hydrogens (tertiary/aromatic N) is 1. The number of aromatic nitrogens is 1. The second-order valence-corrected chi connectivity index (χ2v) is 6.33. The highest BCUT2D eigenvalue weighted by Crippen LogP contribution is 2.15. The van der Waals surface area contributed by atoms with Crippen molar-refractivity contribution in [3.05, 3.63) is 89.2 Å². The summed E-state index contributed by atoms with van der Waals surface area (Å²) in [4.78, 5) is 28.1. The van der Waals surface area contributed by atoms with Gasteiger partial charge >= 0.3 is 5.97 Å². The average Bonchev–Trinajstić information content (AvgIpc) is 2.72. The average molecular weight is 375 g/mol. The van der Waals surface area contributed by atoms with Crippen molar-refractivity contribution in [2.75, 3.05) is 17.7 Å². The molecule has 0 aliphatic heterocycles. The maximum atomic E-state index is 12.5. The van der Waals surface area contributed by atoms with Crippen LogP contribution in [0.15, 0.2) is 67.0 Å². The SMILES string of the molecule is COC(=O)c1ccc(NC(=O)c2cncc(NCc3cccc(C)c3)c2)cc1. The second kappa shape index (κ2) is 8.81. The van der Waals surface area contributed by atoms with Crippen LogP contribution in [0.4, 0.5) is 11.4 Å². The summed E-state index contributed by atoms with van der Waals surface area (Å²) in [7, 11) is 1.32. The van der Waals surface area contributed by atoms with Crippen LogP contribution < -0.4 is 10.6 Å². The highest BCUT2D eigenvalue weighted by molar-refractivity contribution is 6.04. The third-order valence-corrected chi connectivity index (χ3v) is 4.14. The molecule has 142 valence electrons. The molecule has 1 aromatic heterocycles. The molecule has 0 spiro atoms. The van der Waals surface area contributed by atoms with Gasteiger partial charge in [0.25, 0.3) is 5.91 Å².